The number of hydrogen-bond donors (Lipinski definition) is 0. The standard InChI is InChI=1S/C25H29N3O2/c1-3-28-21-14-8-7-13-20(21)24(25(28)19-11-5-4-6-12-19)22(29)17-26(2)18-23(30)27-15-9-10-16-27/h4-8,11-14H,3,9-10,15-18H2,1-2H3. The summed E-state index contributed by atoms with van der Waals surface area (Å²) in [6.45, 7) is 5.05. The van der Waals surface area contributed by atoms with Crippen molar-refractivity contribution in [2.24, 2.45) is 0 Å². The zero-order valence-electron chi connectivity index (χ0n) is 17.8. The first-order chi connectivity index (χ1) is 14.6. The molecule has 0 aliphatic carbocycles. The lowest BCUT2D eigenvalue weighted by molar-refractivity contribution is -0.130. The van der Waals surface area contributed by atoms with Gasteiger partial charge in [-0.25, -0.2) is 0 Å². The summed E-state index contributed by atoms with van der Waals surface area (Å²) < 4.78 is 2.22. The lowest BCUT2D eigenvalue weighted by Gasteiger charge is -2.21. The lowest BCUT2D eigenvalue weighted by atomic mass is 10.0. The van der Waals surface area contributed by atoms with Crippen LogP contribution in [-0.2, 0) is 11.3 Å². The summed E-state index contributed by atoms with van der Waals surface area (Å²) in [4.78, 5) is 29.8. The highest BCUT2D eigenvalue weighted by Crippen LogP contribution is 2.34. The molecule has 0 N–H and O–H groups in total. The number of likely N-dealkylation sites (N-methyl/N-ethyl adjacent to an activating group) is 1. The van der Waals surface area contributed by atoms with Crippen molar-refractivity contribution in [1.82, 2.24) is 14.4 Å². The fraction of sp³-hybridized carbons (Fsp3) is 0.360. The molecule has 1 aromatic heterocycles. The number of ketones is 1. The molecular weight excluding hydrogens is 374 g/mol. The number of aryl methyl sites for hydroxylation is 1. The van der Waals surface area contributed by atoms with E-state index in [9.17, 15) is 9.59 Å². The van der Waals surface area contributed by atoms with Crippen molar-refractivity contribution in [3.05, 3.63) is 60.2 Å². The SMILES string of the molecule is CCn1c(-c2ccccc2)c(C(=O)CN(C)CC(=O)N2CCCC2)c2ccccc21. The van der Waals surface area contributed by atoms with Crippen LogP contribution in [0.15, 0.2) is 54.6 Å². The molecule has 1 aliphatic rings. The van der Waals surface area contributed by atoms with E-state index in [0.717, 1.165) is 60.2 Å². The Bertz CT molecular complexity index is 1050. The van der Waals surface area contributed by atoms with Crippen LogP contribution in [0.5, 0.6) is 0 Å². The first-order valence-corrected chi connectivity index (χ1v) is 10.8. The van der Waals surface area contributed by atoms with Gasteiger partial charge in [0.25, 0.3) is 0 Å². The minimum absolute atomic E-state index is 0.0500. The molecule has 0 bridgehead atoms. The number of fused-ring (bicyclic) bond motifs is 1. The summed E-state index contributed by atoms with van der Waals surface area (Å²) in [6, 6.07) is 18.2. The Balaban J connectivity index is 1.67. The number of carbonyl (C=O) groups excluding carboxylic acids is 2. The number of aromatic nitrogens is 1. The first kappa shape index (κ1) is 20.4. The molecule has 0 saturated carbocycles. The Labute approximate surface area is 177 Å². The average molecular weight is 404 g/mol. The topological polar surface area (TPSA) is 45.6 Å². The largest absolute Gasteiger partial charge is 0.342 e. The Morgan fingerprint density at radius 1 is 0.933 bits per heavy atom. The van der Waals surface area contributed by atoms with Gasteiger partial charge in [-0.15, -0.1) is 0 Å². The molecule has 1 fully saturated rings. The van der Waals surface area contributed by atoms with E-state index >= 15 is 0 Å². The fourth-order valence-corrected chi connectivity index (χ4v) is 4.49. The van der Waals surface area contributed by atoms with Gasteiger partial charge in [-0.3, -0.25) is 14.5 Å². The molecule has 2 aromatic carbocycles. The average Bonchev–Trinajstić information content (AvgIpc) is 3.40. The van der Waals surface area contributed by atoms with Crippen LogP contribution in [-0.4, -0.2) is 59.3 Å². The van der Waals surface area contributed by atoms with Crippen LogP contribution in [0.3, 0.4) is 0 Å². The smallest absolute Gasteiger partial charge is 0.236 e. The van der Waals surface area contributed by atoms with Gasteiger partial charge in [0.1, 0.15) is 0 Å². The molecule has 0 spiro atoms. The number of carbonyl (C=O) groups is 2. The van der Waals surface area contributed by atoms with Crippen LogP contribution in [0.2, 0.25) is 0 Å². The Morgan fingerprint density at radius 3 is 2.30 bits per heavy atom. The van der Waals surface area contributed by atoms with E-state index in [0.29, 0.717) is 0 Å². The lowest BCUT2D eigenvalue weighted by Crippen LogP contribution is -2.39. The summed E-state index contributed by atoms with van der Waals surface area (Å²) in [5, 5.41) is 0.975. The molecule has 5 heteroatoms. The second-order valence-corrected chi connectivity index (χ2v) is 8.03. The monoisotopic (exact) mass is 403 g/mol. The maximum absolute atomic E-state index is 13.5. The summed E-state index contributed by atoms with van der Waals surface area (Å²) in [6.07, 6.45) is 2.15. The van der Waals surface area contributed by atoms with Crippen molar-refractivity contribution in [2.75, 3.05) is 33.2 Å². The molecule has 30 heavy (non-hydrogen) atoms. The molecule has 1 amide bonds. The molecule has 0 unspecified atom stereocenters. The van der Waals surface area contributed by atoms with Gasteiger partial charge in [0.15, 0.2) is 5.78 Å². The van der Waals surface area contributed by atoms with Crippen molar-refractivity contribution in [1.29, 1.82) is 0 Å². The van der Waals surface area contributed by atoms with Gasteiger partial charge >= 0.3 is 0 Å². The van der Waals surface area contributed by atoms with Crippen LogP contribution in [0.1, 0.15) is 30.1 Å². The second-order valence-electron chi connectivity index (χ2n) is 8.03. The van der Waals surface area contributed by atoms with Crippen LogP contribution in [0, 0.1) is 0 Å². The van der Waals surface area contributed by atoms with Gasteiger partial charge in [-0.2, -0.15) is 0 Å². The first-order valence-electron chi connectivity index (χ1n) is 10.8. The molecule has 1 saturated heterocycles. The number of para-hydroxylation sites is 1. The number of amides is 1. The van der Waals surface area contributed by atoms with Gasteiger partial charge in [-0.1, -0.05) is 48.5 Å². The summed E-state index contributed by atoms with van der Waals surface area (Å²) in [5.41, 5.74) is 3.82. The summed E-state index contributed by atoms with van der Waals surface area (Å²) in [7, 11) is 1.85. The zero-order chi connectivity index (χ0) is 21.1. The molecule has 156 valence electrons. The second kappa shape index (κ2) is 8.84. The number of rotatable bonds is 7. The molecule has 5 nitrogen and oxygen atoms in total. The van der Waals surface area contributed by atoms with E-state index in [1.807, 2.05) is 53.2 Å². The number of Topliss-reactive ketones (excluding diaryl/α,β-unsaturated/α-hetero) is 1. The van der Waals surface area contributed by atoms with E-state index in [1.54, 1.807) is 0 Å². The van der Waals surface area contributed by atoms with Crippen molar-refractivity contribution in [3.8, 4) is 11.3 Å². The number of hydrogen-bond acceptors (Lipinski definition) is 3. The summed E-state index contributed by atoms with van der Waals surface area (Å²) >= 11 is 0. The normalized spacial score (nSPS) is 14.0. The van der Waals surface area contributed by atoms with Crippen LogP contribution >= 0.6 is 0 Å². The molecule has 2 heterocycles. The number of likely N-dealkylation sites (tertiary alicyclic amines) is 1. The van der Waals surface area contributed by atoms with E-state index in [-0.39, 0.29) is 24.8 Å². The Hall–Kier alpha value is -2.92. The van der Waals surface area contributed by atoms with Gasteiger partial charge in [-0.05, 0) is 38.4 Å². The molecule has 0 radical (unpaired) electrons. The maximum atomic E-state index is 13.5. The maximum Gasteiger partial charge on any atom is 0.236 e. The van der Waals surface area contributed by atoms with Crippen LogP contribution < -0.4 is 0 Å². The Kier molecular flexibility index (Phi) is 6.00. The fourth-order valence-electron chi connectivity index (χ4n) is 4.49. The van der Waals surface area contributed by atoms with Crippen molar-refractivity contribution < 1.29 is 9.59 Å². The highest BCUT2D eigenvalue weighted by Gasteiger charge is 2.25. The van der Waals surface area contributed by atoms with Crippen molar-refractivity contribution in [2.45, 2.75) is 26.3 Å². The van der Waals surface area contributed by atoms with E-state index in [1.165, 1.54) is 0 Å². The third-order valence-electron chi connectivity index (χ3n) is 5.89. The molecular formula is C25H29N3O2. The van der Waals surface area contributed by atoms with Gasteiger partial charge < -0.3 is 9.47 Å². The van der Waals surface area contributed by atoms with Crippen molar-refractivity contribution in [3.63, 3.8) is 0 Å². The van der Waals surface area contributed by atoms with Crippen LogP contribution in [0.4, 0.5) is 0 Å². The van der Waals surface area contributed by atoms with Gasteiger partial charge in [0.2, 0.25) is 5.91 Å². The molecule has 1 aliphatic heterocycles. The van der Waals surface area contributed by atoms with E-state index in [2.05, 4.69) is 29.7 Å². The van der Waals surface area contributed by atoms with Crippen molar-refractivity contribution >= 4 is 22.6 Å². The predicted octanol–water partition coefficient (Wildman–Crippen LogP) is 4.07. The minimum atomic E-state index is 0.0500. The third-order valence-corrected chi connectivity index (χ3v) is 5.89. The van der Waals surface area contributed by atoms with Crippen LogP contribution in [0.25, 0.3) is 22.2 Å². The highest BCUT2D eigenvalue weighted by molar-refractivity contribution is 6.14. The molecule has 4 rings (SSSR count). The third kappa shape index (κ3) is 3.90. The number of nitrogens with zero attached hydrogens (tertiary/aromatic N) is 3. The minimum Gasteiger partial charge on any atom is -0.342 e. The summed E-state index contributed by atoms with van der Waals surface area (Å²) in [5.74, 6) is 0.163. The Morgan fingerprint density at radius 2 is 1.60 bits per heavy atom. The molecule has 0 atom stereocenters. The highest BCUT2D eigenvalue weighted by atomic mass is 16.2. The van der Waals surface area contributed by atoms with E-state index in [4.69, 9.17) is 0 Å². The number of benzene rings is 2. The molecule has 3 aromatic rings. The van der Waals surface area contributed by atoms with Gasteiger partial charge in [0.05, 0.1) is 24.3 Å². The zero-order valence-corrected chi connectivity index (χ0v) is 17.8. The van der Waals surface area contributed by atoms with Gasteiger partial charge in [0, 0.05) is 30.5 Å². The quantitative estimate of drug-likeness (QED) is 0.559. The predicted molar refractivity (Wildman–Crippen MR) is 121 cm³/mol. The van der Waals surface area contributed by atoms with E-state index < -0.39 is 0 Å².